The summed E-state index contributed by atoms with van der Waals surface area (Å²) in [6.07, 6.45) is 0. The molecule has 0 saturated carbocycles. The standard InChI is InChI=1S/C10H15NO3S/c1-7(2)15(13,14)11-9-4-5-10(12)8(3)6-9/h4-7,11-12H,1-3H3. The Hall–Kier alpha value is -1.23. The monoisotopic (exact) mass is 229 g/mol. The van der Waals surface area contributed by atoms with Gasteiger partial charge in [0, 0.05) is 5.69 Å². The van der Waals surface area contributed by atoms with Crippen LogP contribution in [0.3, 0.4) is 0 Å². The Kier molecular flexibility index (Phi) is 3.24. The van der Waals surface area contributed by atoms with Crippen LogP contribution in [-0.4, -0.2) is 18.8 Å². The Bertz CT molecular complexity index is 452. The normalized spacial score (nSPS) is 11.7. The molecule has 0 aromatic heterocycles. The SMILES string of the molecule is Cc1cc(NS(=O)(=O)C(C)C)ccc1O. The van der Waals surface area contributed by atoms with Crippen LogP contribution < -0.4 is 4.72 Å². The number of nitrogens with one attached hydrogen (secondary N) is 1. The van der Waals surface area contributed by atoms with Crippen LogP contribution in [0.2, 0.25) is 0 Å². The maximum absolute atomic E-state index is 11.5. The van der Waals surface area contributed by atoms with Crippen LogP contribution >= 0.6 is 0 Å². The van der Waals surface area contributed by atoms with E-state index in [0.717, 1.165) is 0 Å². The number of phenolic OH excluding ortho intramolecular Hbond substituents is 1. The molecule has 15 heavy (non-hydrogen) atoms. The summed E-state index contributed by atoms with van der Waals surface area (Å²) in [5.74, 6) is 0.155. The van der Waals surface area contributed by atoms with Gasteiger partial charge in [-0.25, -0.2) is 8.42 Å². The van der Waals surface area contributed by atoms with Crippen molar-refractivity contribution in [1.82, 2.24) is 0 Å². The molecular formula is C10H15NO3S. The Morgan fingerprint density at radius 3 is 2.40 bits per heavy atom. The Balaban J connectivity index is 2.96. The molecule has 1 rings (SSSR count). The summed E-state index contributed by atoms with van der Waals surface area (Å²) >= 11 is 0. The van der Waals surface area contributed by atoms with E-state index in [1.807, 2.05) is 0 Å². The maximum atomic E-state index is 11.5. The van der Waals surface area contributed by atoms with E-state index >= 15 is 0 Å². The summed E-state index contributed by atoms with van der Waals surface area (Å²) < 4.78 is 25.5. The highest BCUT2D eigenvalue weighted by atomic mass is 32.2. The fourth-order valence-electron chi connectivity index (χ4n) is 1.00. The zero-order valence-corrected chi connectivity index (χ0v) is 9.80. The van der Waals surface area contributed by atoms with Gasteiger partial charge in [-0.2, -0.15) is 0 Å². The quantitative estimate of drug-likeness (QED) is 0.777. The lowest BCUT2D eigenvalue weighted by molar-refractivity contribution is 0.471. The molecule has 1 aromatic rings. The van der Waals surface area contributed by atoms with Gasteiger partial charge in [0.2, 0.25) is 10.0 Å². The van der Waals surface area contributed by atoms with Crippen LogP contribution in [-0.2, 0) is 10.0 Å². The van der Waals surface area contributed by atoms with Crippen molar-refractivity contribution in [3.05, 3.63) is 23.8 Å². The van der Waals surface area contributed by atoms with Crippen molar-refractivity contribution in [2.45, 2.75) is 26.0 Å². The molecule has 5 heteroatoms. The van der Waals surface area contributed by atoms with Crippen LogP contribution in [0, 0.1) is 6.92 Å². The Morgan fingerprint density at radius 1 is 1.33 bits per heavy atom. The number of anilines is 1. The van der Waals surface area contributed by atoms with Crippen LogP contribution in [0.5, 0.6) is 5.75 Å². The number of phenols is 1. The van der Waals surface area contributed by atoms with Crippen molar-refractivity contribution < 1.29 is 13.5 Å². The zero-order chi connectivity index (χ0) is 11.6. The molecule has 0 aliphatic rings. The average molecular weight is 229 g/mol. The lowest BCUT2D eigenvalue weighted by Gasteiger charge is -2.11. The predicted octanol–water partition coefficient (Wildman–Crippen LogP) is 1.85. The molecule has 0 unspecified atom stereocenters. The summed E-state index contributed by atoms with van der Waals surface area (Å²) in [4.78, 5) is 0. The number of hydrogen-bond donors (Lipinski definition) is 2. The predicted molar refractivity (Wildman–Crippen MR) is 60.5 cm³/mol. The second-order valence-corrected chi connectivity index (χ2v) is 5.93. The molecule has 0 aliphatic heterocycles. The van der Waals surface area contributed by atoms with Gasteiger partial charge in [-0.1, -0.05) is 0 Å². The molecule has 0 atom stereocenters. The molecule has 0 bridgehead atoms. The summed E-state index contributed by atoms with van der Waals surface area (Å²) in [6.45, 7) is 4.92. The summed E-state index contributed by atoms with van der Waals surface area (Å²) in [7, 11) is -3.31. The van der Waals surface area contributed by atoms with Crippen LogP contribution in [0.4, 0.5) is 5.69 Å². The molecule has 4 nitrogen and oxygen atoms in total. The van der Waals surface area contributed by atoms with Crippen molar-refractivity contribution in [2.75, 3.05) is 4.72 Å². The first kappa shape index (κ1) is 11.8. The lowest BCUT2D eigenvalue weighted by atomic mass is 10.2. The molecule has 0 spiro atoms. The molecule has 0 aliphatic carbocycles. The van der Waals surface area contributed by atoms with E-state index < -0.39 is 15.3 Å². The third-order valence-electron chi connectivity index (χ3n) is 2.08. The van der Waals surface area contributed by atoms with Crippen molar-refractivity contribution in [1.29, 1.82) is 0 Å². The van der Waals surface area contributed by atoms with Crippen molar-refractivity contribution in [3.63, 3.8) is 0 Å². The molecule has 0 radical (unpaired) electrons. The van der Waals surface area contributed by atoms with Gasteiger partial charge in [0.15, 0.2) is 0 Å². The Labute approximate surface area is 90.0 Å². The molecule has 2 N–H and O–H groups in total. The first-order valence-corrected chi connectivity index (χ1v) is 6.19. The highest BCUT2D eigenvalue weighted by molar-refractivity contribution is 7.93. The van der Waals surface area contributed by atoms with Crippen LogP contribution in [0.25, 0.3) is 0 Å². The first-order valence-electron chi connectivity index (χ1n) is 4.64. The van der Waals surface area contributed by atoms with E-state index in [-0.39, 0.29) is 5.75 Å². The van der Waals surface area contributed by atoms with Gasteiger partial charge in [-0.3, -0.25) is 4.72 Å². The smallest absolute Gasteiger partial charge is 0.235 e. The molecule has 0 heterocycles. The van der Waals surface area contributed by atoms with Crippen molar-refractivity contribution >= 4 is 15.7 Å². The van der Waals surface area contributed by atoms with Crippen LogP contribution in [0.15, 0.2) is 18.2 Å². The van der Waals surface area contributed by atoms with Gasteiger partial charge in [-0.15, -0.1) is 0 Å². The Morgan fingerprint density at radius 2 is 1.93 bits per heavy atom. The summed E-state index contributed by atoms with van der Waals surface area (Å²) in [6, 6.07) is 4.59. The third-order valence-corrected chi connectivity index (χ3v) is 3.84. The topological polar surface area (TPSA) is 66.4 Å². The van der Waals surface area contributed by atoms with E-state index in [2.05, 4.69) is 4.72 Å². The first-order chi connectivity index (χ1) is 6.83. The van der Waals surface area contributed by atoms with Gasteiger partial charge < -0.3 is 5.11 Å². The molecule has 0 amide bonds. The summed E-state index contributed by atoms with van der Waals surface area (Å²) in [5, 5.41) is 8.79. The highest BCUT2D eigenvalue weighted by Crippen LogP contribution is 2.21. The number of benzene rings is 1. The maximum Gasteiger partial charge on any atom is 0.235 e. The van der Waals surface area contributed by atoms with Gasteiger partial charge >= 0.3 is 0 Å². The van der Waals surface area contributed by atoms with E-state index in [4.69, 9.17) is 0 Å². The van der Waals surface area contributed by atoms with Gasteiger partial charge in [-0.05, 0) is 44.5 Å². The lowest BCUT2D eigenvalue weighted by Crippen LogP contribution is -2.22. The second kappa shape index (κ2) is 4.10. The van der Waals surface area contributed by atoms with Gasteiger partial charge in [0.1, 0.15) is 5.75 Å². The molecule has 0 fully saturated rings. The fraction of sp³-hybridized carbons (Fsp3) is 0.400. The fourth-order valence-corrected chi connectivity index (χ4v) is 1.69. The van der Waals surface area contributed by atoms with E-state index in [9.17, 15) is 13.5 Å². The van der Waals surface area contributed by atoms with Crippen LogP contribution in [0.1, 0.15) is 19.4 Å². The largest absolute Gasteiger partial charge is 0.508 e. The molecule has 0 saturated heterocycles. The minimum Gasteiger partial charge on any atom is -0.508 e. The minimum atomic E-state index is -3.31. The molecule has 1 aromatic carbocycles. The average Bonchev–Trinajstić information content (AvgIpc) is 2.10. The minimum absolute atomic E-state index is 0.155. The molecular weight excluding hydrogens is 214 g/mol. The van der Waals surface area contributed by atoms with Gasteiger partial charge in [0.25, 0.3) is 0 Å². The van der Waals surface area contributed by atoms with Crippen molar-refractivity contribution in [3.8, 4) is 5.75 Å². The number of aryl methyl sites for hydroxylation is 1. The number of sulfonamides is 1. The number of rotatable bonds is 3. The van der Waals surface area contributed by atoms with E-state index in [1.165, 1.54) is 12.1 Å². The second-order valence-electron chi connectivity index (χ2n) is 3.70. The van der Waals surface area contributed by atoms with E-state index in [1.54, 1.807) is 26.8 Å². The third kappa shape index (κ3) is 2.86. The molecule has 84 valence electrons. The highest BCUT2D eigenvalue weighted by Gasteiger charge is 2.15. The van der Waals surface area contributed by atoms with Gasteiger partial charge in [0.05, 0.1) is 5.25 Å². The van der Waals surface area contributed by atoms with E-state index in [0.29, 0.717) is 11.3 Å². The summed E-state index contributed by atoms with van der Waals surface area (Å²) in [5.41, 5.74) is 1.11. The number of aromatic hydroxyl groups is 1. The number of hydrogen-bond acceptors (Lipinski definition) is 3. The zero-order valence-electron chi connectivity index (χ0n) is 8.98. The van der Waals surface area contributed by atoms with Crippen molar-refractivity contribution in [2.24, 2.45) is 0 Å².